The third-order valence-corrected chi connectivity index (χ3v) is 6.06. The third kappa shape index (κ3) is 5.17. The van der Waals surface area contributed by atoms with Gasteiger partial charge in [-0.05, 0) is 52.9 Å². The molecular weight excluding hydrogens is 358 g/mol. The highest BCUT2D eigenvalue weighted by Gasteiger charge is 2.41. The van der Waals surface area contributed by atoms with Crippen molar-refractivity contribution < 1.29 is 19.1 Å². The summed E-state index contributed by atoms with van der Waals surface area (Å²) >= 11 is 0. The second kappa shape index (κ2) is 8.70. The molecule has 7 nitrogen and oxygen atoms in total. The van der Waals surface area contributed by atoms with Crippen LogP contribution in [0.1, 0.15) is 72.1 Å². The van der Waals surface area contributed by atoms with Gasteiger partial charge in [-0.1, -0.05) is 12.8 Å². The number of piperidine rings is 1. The summed E-state index contributed by atoms with van der Waals surface area (Å²) in [4.78, 5) is 41.5. The van der Waals surface area contributed by atoms with E-state index >= 15 is 0 Å². The molecule has 2 heterocycles. The largest absolute Gasteiger partial charge is 0.444 e. The fourth-order valence-electron chi connectivity index (χ4n) is 4.72. The fourth-order valence-corrected chi connectivity index (χ4v) is 4.72. The van der Waals surface area contributed by atoms with Crippen LogP contribution in [0.2, 0.25) is 0 Å². The van der Waals surface area contributed by atoms with Gasteiger partial charge in [-0.3, -0.25) is 9.59 Å². The Morgan fingerprint density at radius 2 is 1.79 bits per heavy atom. The molecule has 0 aromatic carbocycles. The van der Waals surface area contributed by atoms with Crippen molar-refractivity contribution in [1.82, 2.24) is 15.1 Å². The first-order chi connectivity index (χ1) is 13.2. The molecule has 158 valence electrons. The number of likely N-dealkylation sites (tertiary alicyclic amines) is 2. The Bertz CT molecular complexity index is 595. The van der Waals surface area contributed by atoms with Crippen LogP contribution in [0.25, 0.3) is 0 Å². The van der Waals surface area contributed by atoms with Crippen LogP contribution in [0.4, 0.5) is 4.79 Å². The zero-order valence-corrected chi connectivity index (χ0v) is 17.5. The van der Waals surface area contributed by atoms with Gasteiger partial charge in [-0.15, -0.1) is 0 Å². The van der Waals surface area contributed by atoms with E-state index in [1.54, 1.807) is 0 Å². The van der Waals surface area contributed by atoms with Crippen LogP contribution in [0.5, 0.6) is 0 Å². The van der Waals surface area contributed by atoms with Crippen LogP contribution in [-0.4, -0.2) is 65.0 Å². The van der Waals surface area contributed by atoms with Gasteiger partial charge in [0.15, 0.2) is 0 Å². The lowest BCUT2D eigenvalue weighted by molar-refractivity contribution is -0.139. The molecule has 1 N–H and O–H groups in total. The average Bonchev–Trinajstić information content (AvgIpc) is 3.27. The lowest BCUT2D eigenvalue weighted by atomic mass is 9.98. The van der Waals surface area contributed by atoms with Gasteiger partial charge in [0.25, 0.3) is 0 Å². The second-order valence-corrected chi connectivity index (χ2v) is 9.45. The zero-order valence-electron chi connectivity index (χ0n) is 17.5. The quantitative estimate of drug-likeness (QED) is 0.796. The molecule has 0 aromatic rings. The molecule has 0 aromatic heterocycles. The van der Waals surface area contributed by atoms with E-state index in [9.17, 15) is 14.4 Å². The van der Waals surface area contributed by atoms with Gasteiger partial charge in [0.1, 0.15) is 5.60 Å². The summed E-state index contributed by atoms with van der Waals surface area (Å²) in [5, 5.41) is 2.81. The first-order valence-electron chi connectivity index (χ1n) is 10.8. The summed E-state index contributed by atoms with van der Waals surface area (Å²) in [6.07, 6.45) is 7.26. The number of alkyl carbamates (subject to hydrolysis) is 1. The van der Waals surface area contributed by atoms with Gasteiger partial charge in [0.05, 0.1) is 5.92 Å². The molecule has 2 unspecified atom stereocenters. The molecule has 3 aliphatic rings. The Morgan fingerprint density at radius 1 is 1.11 bits per heavy atom. The van der Waals surface area contributed by atoms with E-state index in [1.165, 1.54) is 12.8 Å². The molecule has 1 saturated carbocycles. The third-order valence-electron chi connectivity index (χ3n) is 6.06. The molecule has 1 aliphatic carbocycles. The van der Waals surface area contributed by atoms with Gasteiger partial charge in [0, 0.05) is 38.1 Å². The van der Waals surface area contributed by atoms with Crippen molar-refractivity contribution >= 4 is 17.9 Å². The molecule has 0 bridgehead atoms. The summed E-state index contributed by atoms with van der Waals surface area (Å²) in [7, 11) is 0. The second-order valence-electron chi connectivity index (χ2n) is 9.45. The predicted molar refractivity (Wildman–Crippen MR) is 106 cm³/mol. The van der Waals surface area contributed by atoms with Gasteiger partial charge in [-0.2, -0.15) is 0 Å². The van der Waals surface area contributed by atoms with Crippen LogP contribution in [0.15, 0.2) is 0 Å². The van der Waals surface area contributed by atoms with Crippen LogP contribution >= 0.6 is 0 Å². The molecule has 2 saturated heterocycles. The van der Waals surface area contributed by atoms with E-state index in [0.29, 0.717) is 32.1 Å². The minimum atomic E-state index is -0.542. The van der Waals surface area contributed by atoms with E-state index in [0.717, 1.165) is 32.1 Å². The smallest absolute Gasteiger partial charge is 0.407 e. The molecular formula is C21H35N3O4. The first kappa shape index (κ1) is 20.9. The van der Waals surface area contributed by atoms with Gasteiger partial charge in [0.2, 0.25) is 11.8 Å². The lowest BCUT2D eigenvalue weighted by Crippen LogP contribution is -2.52. The van der Waals surface area contributed by atoms with Crippen molar-refractivity contribution in [1.29, 1.82) is 0 Å². The van der Waals surface area contributed by atoms with Crippen molar-refractivity contribution in [3.63, 3.8) is 0 Å². The minimum absolute atomic E-state index is 0.0237. The fraction of sp³-hybridized carbons (Fsp3) is 0.857. The molecule has 2 aliphatic heterocycles. The van der Waals surface area contributed by atoms with E-state index in [2.05, 4.69) is 5.32 Å². The minimum Gasteiger partial charge on any atom is -0.444 e. The Kier molecular flexibility index (Phi) is 6.50. The van der Waals surface area contributed by atoms with Gasteiger partial charge < -0.3 is 19.9 Å². The molecule has 0 spiro atoms. The number of hydrogen-bond donors (Lipinski definition) is 1. The van der Waals surface area contributed by atoms with Crippen molar-refractivity contribution in [2.24, 2.45) is 5.92 Å². The van der Waals surface area contributed by atoms with E-state index in [4.69, 9.17) is 4.74 Å². The topological polar surface area (TPSA) is 79.0 Å². The number of amides is 3. The number of carbonyl (C=O) groups is 3. The predicted octanol–water partition coefficient (Wildman–Crippen LogP) is 2.68. The molecule has 2 atom stereocenters. The van der Waals surface area contributed by atoms with E-state index < -0.39 is 11.7 Å². The Hall–Kier alpha value is -1.79. The standard InChI is InChI=1S/C21H35N3O4/c1-21(2,3)28-20(27)22-13-17-10-6-7-11-23(17)19(26)15-12-18(25)24(14-15)16-8-4-5-9-16/h15-17H,4-14H2,1-3H3,(H,22,27). The molecule has 3 fully saturated rings. The Balaban J connectivity index is 1.56. The summed E-state index contributed by atoms with van der Waals surface area (Å²) < 4.78 is 5.30. The van der Waals surface area contributed by atoms with Crippen LogP contribution in [0.3, 0.4) is 0 Å². The highest BCUT2D eigenvalue weighted by Crippen LogP contribution is 2.31. The number of ether oxygens (including phenoxy) is 1. The Labute approximate surface area is 168 Å². The maximum absolute atomic E-state index is 13.2. The monoisotopic (exact) mass is 393 g/mol. The highest BCUT2D eigenvalue weighted by molar-refractivity contribution is 5.89. The highest BCUT2D eigenvalue weighted by atomic mass is 16.6. The number of nitrogens with zero attached hydrogens (tertiary/aromatic N) is 2. The zero-order chi connectivity index (χ0) is 20.3. The van der Waals surface area contributed by atoms with Crippen molar-refractivity contribution in [3.8, 4) is 0 Å². The van der Waals surface area contributed by atoms with Crippen molar-refractivity contribution in [2.75, 3.05) is 19.6 Å². The summed E-state index contributed by atoms with van der Waals surface area (Å²) in [5.41, 5.74) is -0.542. The SMILES string of the molecule is CC(C)(C)OC(=O)NCC1CCCCN1C(=O)C1CC(=O)N(C2CCCC2)C1. The van der Waals surface area contributed by atoms with E-state index in [1.807, 2.05) is 30.6 Å². The molecule has 0 radical (unpaired) electrons. The van der Waals surface area contributed by atoms with E-state index in [-0.39, 0.29) is 23.8 Å². The summed E-state index contributed by atoms with van der Waals surface area (Å²) in [6, 6.07) is 0.306. The summed E-state index contributed by atoms with van der Waals surface area (Å²) in [6.45, 7) is 7.15. The number of hydrogen-bond acceptors (Lipinski definition) is 4. The lowest BCUT2D eigenvalue weighted by Gasteiger charge is -2.37. The van der Waals surface area contributed by atoms with Crippen LogP contribution < -0.4 is 5.32 Å². The Morgan fingerprint density at radius 3 is 2.46 bits per heavy atom. The maximum Gasteiger partial charge on any atom is 0.407 e. The first-order valence-corrected chi connectivity index (χ1v) is 10.8. The number of rotatable bonds is 4. The molecule has 28 heavy (non-hydrogen) atoms. The number of nitrogens with one attached hydrogen (secondary N) is 1. The normalized spacial score (nSPS) is 26.6. The molecule has 7 heteroatoms. The maximum atomic E-state index is 13.2. The van der Waals surface area contributed by atoms with Crippen molar-refractivity contribution in [2.45, 2.75) is 89.8 Å². The number of carbonyl (C=O) groups excluding carboxylic acids is 3. The average molecular weight is 394 g/mol. The molecule has 3 rings (SSSR count). The van der Waals surface area contributed by atoms with Crippen LogP contribution in [-0.2, 0) is 14.3 Å². The van der Waals surface area contributed by atoms with Gasteiger partial charge in [-0.25, -0.2) is 4.79 Å². The van der Waals surface area contributed by atoms with Crippen molar-refractivity contribution in [3.05, 3.63) is 0 Å². The summed E-state index contributed by atoms with van der Waals surface area (Å²) in [5.74, 6) is -0.0366. The van der Waals surface area contributed by atoms with Gasteiger partial charge >= 0.3 is 6.09 Å². The molecule has 3 amide bonds. The van der Waals surface area contributed by atoms with Crippen LogP contribution in [0, 0.1) is 5.92 Å².